The lowest BCUT2D eigenvalue weighted by molar-refractivity contribution is -0.120. The fourth-order valence-corrected chi connectivity index (χ4v) is 4.18. The Morgan fingerprint density at radius 3 is 2.69 bits per heavy atom. The molecule has 0 bridgehead atoms. The van der Waals surface area contributed by atoms with Crippen LogP contribution < -0.4 is 18.9 Å². The van der Waals surface area contributed by atoms with Crippen LogP contribution in [0.4, 0.5) is 0 Å². The maximum absolute atomic E-state index is 12.8. The van der Waals surface area contributed by atoms with Crippen molar-refractivity contribution in [1.82, 2.24) is 4.90 Å². The van der Waals surface area contributed by atoms with E-state index in [0.29, 0.717) is 24.3 Å². The molecule has 6 nitrogen and oxygen atoms in total. The van der Waals surface area contributed by atoms with E-state index in [9.17, 15) is 4.79 Å². The zero-order valence-electron chi connectivity index (χ0n) is 17.2. The summed E-state index contributed by atoms with van der Waals surface area (Å²) in [7, 11) is 5.36. The quantitative estimate of drug-likeness (QED) is 0.712. The lowest BCUT2D eigenvalue weighted by Gasteiger charge is -2.35. The molecule has 2 aromatic carbocycles. The number of nitrogens with zero attached hydrogens (tertiary/aromatic N) is 1. The Labute approximate surface area is 171 Å². The van der Waals surface area contributed by atoms with Gasteiger partial charge in [-0.3, -0.25) is 9.69 Å². The number of Topliss-reactive ketones (excluding diaryl/α,β-unsaturated/α-hetero) is 1. The second-order valence-electron chi connectivity index (χ2n) is 7.55. The molecule has 2 heterocycles. The largest absolute Gasteiger partial charge is 0.497 e. The summed E-state index contributed by atoms with van der Waals surface area (Å²) in [6.45, 7) is 1.10. The number of benzene rings is 2. The minimum atomic E-state index is -0.0217. The molecule has 4 rings (SSSR count). The first-order chi connectivity index (χ1) is 14.1. The Bertz CT molecular complexity index is 893. The molecule has 0 amide bonds. The third-order valence-corrected chi connectivity index (χ3v) is 5.82. The van der Waals surface area contributed by atoms with Crippen LogP contribution in [0, 0.1) is 0 Å². The van der Waals surface area contributed by atoms with Crippen molar-refractivity contribution in [2.45, 2.75) is 31.7 Å². The van der Waals surface area contributed by atoms with Crippen molar-refractivity contribution < 1.29 is 23.7 Å². The van der Waals surface area contributed by atoms with Crippen molar-refractivity contribution in [3.05, 3.63) is 47.0 Å². The van der Waals surface area contributed by atoms with Gasteiger partial charge in [-0.05, 0) is 49.2 Å². The molecule has 2 aromatic rings. The first kappa shape index (κ1) is 19.6. The summed E-state index contributed by atoms with van der Waals surface area (Å²) in [4.78, 5) is 15.1. The van der Waals surface area contributed by atoms with E-state index in [2.05, 4.69) is 11.9 Å². The van der Waals surface area contributed by atoms with Gasteiger partial charge in [0.05, 0.1) is 14.2 Å². The fourth-order valence-electron chi connectivity index (χ4n) is 4.18. The summed E-state index contributed by atoms with van der Waals surface area (Å²) in [5.41, 5.74) is 3.37. The predicted octanol–water partition coefficient (Wildman–Crippen LogP) is 3.55. The first-order valence-corrected chi connectivity index (χ1v) is 9.95. The minimum Gasteiger partial charge on any atom is -0.497 e. The van der Waals surface area contributed by atoms with Crippen molar-refractivity contribution in [3.63, 3.8) is 0 Å². The van der Waals surface area contributed by atoms with E-state index < -0.39 is 0 Å². The molecule has 0 saturated heterocycles. The van der Waals surface area contributed by atoms with Gasteiger partial charge in [-0.15, -0.1) is 0 Å². The highest BCUT2D eigenvalue weighted by Crippen LogP contribution is 2.50. The molecule has 6 heteroatoms. The topological polar surface area (TPSA) is 57.2 Å². The normalized spacial score (nSPS) is 17.7. The van der Waals surface area contributed by atoms with Gasteiger partial charge in [0.1, 0.15) is 11.5 Å². The van der Waals surface area contributed by atoms with Gasteiger partial charge >= 0.3 is 0 Å². The lowest BCUT2D eigenvalue weighted by Crippen LogP contribution is -2.34. The van der Waals surface area contributed by atoms with E-state index in [-0.39, 0.29) is 18.6 Å². The van der Waals surface area contributed by atoms with E-state index in [0.717, 1.165) is 42.0 Å². The number of methoxy groups -OCH3 is 2. The zero-order valence-corrected chi connectivity index (χ0v) is 17.2. The van der Waals surface area contributed by atoms with Gasteiger partial charge in [-0.2, -0.15) is 0 Å². The smallest absolute Gasteiger partial charge is 0.231 e. The summed E-state index contributed by atoms with van der Waals surface area (Å²) in [6.07, 6.45) is 2.59. The highest BCUT2D eigenvalue weighted by atomic mass is 16.7. The van der Waals surface area contributed by atoms with Gasteiger partial charge in [0.2, 0.25) is 12.5 Å². The molecule has 29 heavy (non-hydrogen) atoms. The maximum Gasteiger partial charge on any atom is 0.231 e. The molecule has 0 aromatic heterocycles. The van der Waals surface area contributed by atoms with Crippen LogP contribution in [0.5, 0.6) is 23.0 Å². The van der Waals surface area contributed by atoms with Crippen molar-refractivity contribution in [2.75, 3.05) is 34.6 Å². The number of carbonyl (C=O) groups is 1. The number of ether oxygens (including phenoxy) is 4. The Morgan fingerprint density at radius 1 is 1.17 bits per heavy atom. The number of hydrogen-bond donors (Lipinski definition) is 0. The number of rotatable bonds is 7. The van der Waals surface area contributed by atoms with Crippen LogP contribution in [-0.2, 0) is 17.6 Å². The lowest BCUT2D eigenvalue weighted by atomic mass is 9.87. The zero-order chi connectivity index (χ0) is 20.4. The van der Waals surface area contributed by atoms with Gasteiger partial charge in [0.15, 0.2) is 11.5 Å². The SMILES string of the molecule is COc1ccc(CCC(=O)C[C@H]2c3c(cc4c(c3OC)OCO4)CCN2C)cc1. The number of fused-ring (bicyclic) bond motifs is 2. The molecule has 1 atom stereocenters. The molecule has 0 spiro atoms. The van der Waals surface area contributed by atoms with Crippen molar-refractivity contribution in [2.24, 2.45) is 0 Å². The highest BCUT2D eigenvalue weighted by molar-refractivity contribution is 5.80. The molecule has 2 aliphatic heterocycles. The maximum atomic E-state index is 12.8. The summed E-state index contributed by atoms with van der Waals surface area (Å²) in [6, 6.07) is 9.90. The van der Waals surface area contributed by atoms with Crippen molar-refractivity contribution >= 4 is 5.78 Å². The molecule has 0 fully saturated rings. The van der Waals surface area contributed by atoms with Gasteiger partial charge < -0.3 is 18.9 Å². The third-order valence-electron chi connectivity index (χ3n) is 5.82. The molecule has 2 aliphatic rings. The molecule has 0 N–H and O–H groups in total. The van der Waals surface area contributed by atoms with E-state index in [1.54, 1.807) is 14.2 Å². The summed E-state index contributed by atoms with van der Waals surface area (Å²) >= 11 is 0. The van der Waals surface area contributed by atoms with Crippen LogP contribution in [0.15, 0.2) is 30.3 Å². The number of carbonyl (C=O) groups excluding carboxylic acids is 1. The van der Waals surface area contributed by atoms with E-state index in [1.807, 2.05) is 30.3 Å². The van der Waals surface area contributed by atoms with Crippen LogP contribution in [-0.4, -0.2) is 45.3 Å². The fraction of sp³-hybridized carbons (Fsp3) is 0.435. The molecule has 0 saturated carbocycles. The van der Waals surface area contributed by atoms with Crippen molar-refractivity contribution in [3.8, 4) is 23.0 Å². The van der Waals surface area contributed by atoms with Gasteiger partial charge in [-0.25, -0.2) is 0 Å². The Hall–Kier alpha value is -2.73. The Kier molecular flexibility index (Phi) is 5.62. The van der Waals surface area contributed by atoms with Crippen molar-refractivity contribution in [1.29, 1.82) is 0 Å². The monoisotopic (exact) mass is 397 g/mol. The van der Waals surface area contributed by atoms with Gasteiger partial charge in [0.25, 0.3) is 0 Å². The number of likely N-dealkylation sites (N-methyl/N-ethyl adjacent to an activating group) is 1. The number of aryl methyl sites for hydroxylation is 1. The van der Waals surface area contributed by atoms with Crippen LogP contribution >= 0.6 is 0 Å². The number of hydrogen-bond acceptors (Lipinski definition) is 6. The summed E-state index contributed by atoms with van der Waals surface area (Å²) in [5, 5.41) is 0. The summed E-state index contributed by atoms with van der Waals surface area (Å²) < 4.78 is 22.1. The third kappa shape index (κ3) is 3.90. The van der Waals surface area contributed by atoms with Crippen LogP contribution in [0.1, 0.15) is 35.6 Å². The van der Waals surface area contributed by atoms with Gasteiger partial charge in [-0.1, -0.05) is 12.1 Å². The Morgan fingerprint density at radius 2 is 1.97 bits per heavy atom. The molecular weight excluding hydrogens is 370 g/mol. The van der Waals surface area contributed by atoms with E-state index >= 15 is 0 Å². The minimum absolute atomic E-state index is 0.0217. The van der Waals surface area contributed by atoms with E-state index in [4.69, 9.17) is 18.9 Å². The average molecular weight is 397 g/mol. The molecule has 0 aliphatic carbocycles. The molecular formula is C23H27NO5. The number of ketones is 1. The predicted molar refractivity (Wildman–Crippen MR) is 109 cm³/mol. The van der Waals surface area contributed by atoms with Crippen LogP contribution in [0.3, 0.4) is 0 Å². The summed E-state index contributed by atoms with van der Waals surface area (Å²) in [5.74, 6) is 3.15. The van der Waals surface area contributed by atoms with Crippen LogP contribution in [0.2, 0.25) is 0 Å². The average Bonchev–Trinajstić information content (AvgIpc) is 3.21. The molecule has 0 unspecified atom stereocenters. The highest BCUT2D eigenvalue weighted by Gasteiger charge is 2.34. The van der Waals surface area contributed by atoms with E-state index in [1.165, 1.54) is 5.56 Å². The Balaban J connectivity index is 1.50. The second kappa shape index (κ2) is 8.33. The second-order valence-corrected chi connectivity index (χ2v) is 7.55. The van der Waals surface area contributed by atoms with Gasteiger partial charge in [0, 0.05) is 31.0 Å². The first-order valence-electron chi connectivity index (χ1n) is 9.95. The molecule has 0 radical (unpaired) electrons. The standard InChI is InChI=1S/C23H27NO5/c1-24-11-10-16-12-20-22(29-14-28-20)23(27-3)21(16)19(24)13-17(25)7-4-15-5-8-18(26-2)9-6-15/h5-6,8-9,12,19H,4,7,10-11,13-14H2,1-3H3/t19-/m0/s1. The molecule has 154 valence electrons. The van der Waals surface area contributed by atoms with Crippen LogP contribution in [0.25, 0.3) is 0 Å².